The molecule has 0 spiro atoms. The Morgan fingerprint density at radius 1 is 1.14 bits per heavy atom. The monoisotopic (exact) mass is 496 g/mol. The highest BCUT2D eigenvalue weighted by atomic mass is 19.1. The van der Waals surface area contributed by atoms with Gasteiger partial charge in [0.2, 0.25) is 0 Å². The second-order valence-corrected chi connectivity index (χ2v) is 11.1. The Morgan fingerprint density at radius 2 is 1.81 bits per heavy atom. The summed E-state index contributed by atoms with van der Waals surface area (Å²) in [6.07, 6.45) is 1.46. The zero-order chi connectivity index (χ0) is 27.1. The smallest absolute Gasteiger partial charge is 0.309 e. The van der Waals surface area contributed by atoms with Crippen LogP contribution in [-0.4, -0.2) is 39.5 Å². The average molecular weight is 496 g/mol. The van der Waals surface area contributed by atoms with Crippen LogP contribution in [0.15, 0.2) is 41.3 Å². The third-order valence-corrected chi connectivity index (χ3v) is 6.66. The van der Waals surface area contributed by atoms with Gasteiger partial charge in [-0.25, -0.2) is 4.39 Å². The van der Waals surface area contributed by atoms with Crippen LogP contribution in [0.3, 0.4) is 0 Å². The number of fused-ring (bicyclic) bond motifs is 1. The van der Waals surface area contributed by atoms with Crippen LogP contribution < -0.4 is 11.0 Å². The normalized spacial score (nSPS) is 12.6. The number of ether oxygens (including phenoxy) is 1. The van der Waals surface area contributed by atoms with Crippen molar-refractivity contribution in [3.05, 3.63) is 63.8 Å². The van der Waals surface area contributed by atoms with Gasteiger partial charge in [0, 0.05) is 17.9 Å². The summed E-state index contributed by atoms with van der Waals surface area (Å²) in [6.45, 7) is 13.9. The molecule has 0 aliphatic heterocycles. The summed E-state index contributed by atoms with van der Waals surface area (Å²) in [5, 5.41) is 15.1. The van der Waals surface area contributed by atoms with E-state index in [0.717, 1.165) is 10.2 Å². The summed E-state index contributed by atoms with van der Waals surface area (Å²) in [4.78, 5) is 25.1. The highest BCUT2D eigenvalue weighted by Crippen LogP contribution is 2.27. The van der Waals surface area contributed by atoms with Gasteiger partial charge in [0.15, 0.2) is 0 Å². The third-order valence-electron chi connectivity index (χ3n) is 6.66. The fourth-order valence-electron chi connectivity index (χ4n) is 3.57. The van der Waals surface area contributed by atoms with Crippen LogP contribution in [0, 0.1) is 5.82 Å². The fourth-order valence-corrected chi connectivity index (χ4v) is 3.57. The minimum absolute atomic E-state index is 0.0683. The first-order valence-corrected chi connectivity index (χ1v) is 11.9. The number of hydrogen-bond donors (Lipinski definition) is 1. The summed E-state index contributed by atoms with van der Waals surface area (Å²) in [5.74, 6) is -1.11. The Labute approximate surface area is 211 Å². The molecule has 0 unspecified atom stereocenters. The van der Waals surface area contributed by atoms with E-state index in [1.165, 1.54) is 19.2 Å². The van der Waals surface area contributed by atoms with E-state index in [0.29, 0.717) is 22.1 Å². The van der Waals surface area contributed by atoms with Crippen molar-refractivity contribution in [1.82, 2.24) is 9.78 Å². The maximum atomic E-state index is 15.2. The highest BCUT2D eigenvalue weighted by molar-refractivity contribution is 6.48. The largest absolute Gasteiger partial charge is 0.461 e. The molecule has 0 saturated carbocycles. The molecule has 192 valence electrons. The second-order valence-electron chi connectivity index (χ2n) is 11.1. The van der Waals surface area contributed by atoms with Crippen LogP contribution in [0.4, 0.5) is 4.39 Å². The van der Waals surface area contributed by atoms with Crippen LogP contribution in [-0.2, 0) is 26.2 Å². The zero-order valence-electron chi connectivity index (χ0n) is 22.2. The molecule has 0 amide bonds. The molecule has 36 heavy (non-hydrogen) atoms. The van der Waals surface area contributed by atoms with E-state index in [4.69, 9.17) is 9.39 Å². The number of hydrogen-bond acceptors (Lipinski definition) is 6. The summed E-state index contributed by atoms with van der Waals surface area (Å²) < 4.78 is 27.6. The lowest BCUT2D eigenvalue weighted by Gasteiger charge is -2.37. The number of rotatable bonds is 7. The number of halogens is 1. The van der Waals surface area contributed by atoms with Crippen molar-refractivity contribution in [3.63, 3.8) is 0 Å². The number of benzene rings is 2. The topological polar surface area (TPSA) is 90.7 Å². The van der Waals surface area contributed by atoms with Gasteiger partial charge in [-0.15, -0.1) is 0 Å². The number of aliphatic hydroxyl groups is 1. The van der Waals surface area contributed by atoms with Gasteiger partial charge in [0.25, 0.3) is 5.56 Å². The van der Waals surface area contributed by atoms with Crippen molar-refractivity contribution in [2.75, 3.05) is 0 Å². The van der Waals surface area contributed by atoms with Gasteiger partial charge in [-0.05, 0) is 62.3 Å². The Bertz CT molecular complexity index is 1350. The molecule has 7 nitrogen and oxygen atoms in total. The lowest BCUT2D eigenvalue weighted by molar-refractivity contribution is -0.142. The molecule has 0 aliphatic rings. The summed E-state index contributed by atoms with van der Waals surface area (Å²) in [7, 11) is 0.0765. The molecule has 2 aromatic carbocycles. The molecule has 0 atom stereocenters. The van der Waals surface area contributed by atoms with Crippen molar-refractivity contribution in [2.24, 2.45) is 0 Å². The number of esters is 1. The van der Waals surface area contributed by atoms with Crippen LogP contribution in [0.5, 0.6) is 0 Å². The Kier molecular flexibility index (Phi) is 7.49. The van der Waals surface area contributed by atoms with Crippen LogP contribution >= 0.6 is 0 Å². The van der Waals surface area contributed by atoms with E-state index >= 15 is 4.39 Å². The van der Waals surface area contributed by atoms with Gasteiger partial charge in [-0.3, -0.25) is 9.59 Å². The van der Waals surface area contributed by atoms with Crippen molar-refractivity contribution >= 4 is 29.7 Å². The van der Waals surface area contributed by atoms with E-state index in [1.807, 2.05) is 20.8 Å². The molecule has 1 N–H and O–H groups in total. The van der Waals surface area contributed by atoms with Gasteiger partial charge in [0.1, 0.15) is 12.4 Å². The van der Waals surface area contributed by atoms with Crippen LogP contribution in [0.1, 0.15) is 66.5 Å². The fraction of sp³-hybridized carbons (Fsp3) is 0.444. The molecule has 0 radical (unpaired) electrons. The Hall–Kier alpha value is -3.04. The third kappa shape index (κ3) is 5.68. The first-order chi connectivity index (χ1) is 16.5. The van der Waals surface area contributed by atoms with Crippen LogP contribution in [0.2, 0.25) is 0 Å². The Balaban J connectivity index is 2.16. The van der Waals surface area contributed by atoms with Gasteiger partial charge >= 0.3 is 13.5 Å². The number of aromatic nitrogens is 2. The second kappa shape index (κ2) is 9.79. The maximum Gasteiger partial charge on any atom is 0.309 e. The average Bonchev–Trinajstić information content (AvgIpc) is 2.75. The quantitative estimate of drug-likeness (QED) is 0.398. The van der Waals surface area contributed by atoms with E-state index in [-0.39, 0.29) is 24.9 Å². The minimum Gasteiger partial charge on any atom is -0.461 e. The number of carbonyl (C=O) groups excluding carboxylic acids is 1. The molecule has 3 rings (SSSR count). The molecular weight excluding hydrogens is 462 g/mol. The van der Waals surface area contributed by atoms with Gasteiger partial charge in [-0.1, -0.05) is 32.9 Å². The number of carbonyl (C=O) groups is 1. The van der Waals surface area contributed by atoms with Crippen LogP contribution in [0.25, 0.3) is 16.5 Å². The van der Waals surface area contributed by atoms with Crippen molar-refractivity contribution < 1.29 is 23.7 Å². The van der Waals surface area contributed by atoms with Gasteiger partial charge in [0.05, 0.1) is 28.5 Å². The molecule has 0 saturated heterocycles. The van der Waals surface area contributed by atoms with Crippen molar-refractivity contribution in [1.29, 1.82) is 0 Å². The molecule has 1 aromatic heterocycles. The zero-order valence-corrected chi connectivity index (χ0v) is 22.2. The van der Waals surface area contributed by atoms with E-state index in [2.05, 4.69) is 5.10 Å². The lowest BCUT2D eigenvalue weighted by atomic mass is 9.80. The molecule has 3 aromatic rings. The number of nitrogens with zero attached hydrogens (tertiary/aromatic N) is 2. The van der Waals surface area contributed by atoms with E-state index in [9.17, 15) is 14.7 Å². The van der Waals surface area contributed by atoms with Crippen molar-refractivity contribution in [3.8, 4) is 5.69 Å². The summed E-state index contributed by atoms with van der Waals surface area (Å²) in [6, 6.07) is 8.33. The van der Waals surface area contributed by atoms with E-state index < -0.39 is 28.5 Å². The standard InChI is InChI=1S/C27H34BFN2O5/c1-16(32)35-15-19-20(28-36-27(7,8)26(5,6)34)10-9-11-22(19)31-24(33)23-17(14-30-31)12-18(13-21(23)29)25(2,3)4/h9-14,28,34H,15H2,1-8H3. The van der Waals surface area contributed by atoms with E-state index in [1.54, 1.807) is 52.0 Å². The lowest BCUT2D eigenvalue weighted by Crippen LogP contribution is -2.49. The predicted molar refractivity (Wildman–Crippen MR) is 140 cm³/mol. The predicted octanol–water partition coefficient (Wildman–Crippen LogP) is 3.43. The summed E-state index contributed by atoms with van der Waals surface area (Å²) >= 11 is 0. The molecule has 0 fully saturated rings. The molecule has 1 heterocycles. The minimum atomic E-state index is -1.12. The molecule has 0 aliphatic carbocycles. The molecule has 9 heteroatoms. The van der Waals surface area contributed by atoms with Crippen molar-refractivity contribution in [2.45, 2.75) is 78.6 Å². The first-order valence-electron chi connectivity index (χ1n) is 11.9. The highest BCUT2D eigenvalue weighted by Gasteiger charge is 2.36. The summed E-state index contributed by atoms with van der Waals surface area (Å²) in [5.41, 5.74) is -0.686. The maximum absolute atomic E-state index is 15.2. The SMILES string of the molecule is CC(=O)OCc1c(BOC(C)(C)C(C)(C)O)cccc1-n1ncc2cc(C(C)(C)C)cc(F)c2c1=O. The molecular formula is C27H34BFN2O5. The molecule has 0 bridgehead atoms. The first kappa shape index (κ1) is 27.6. The Morgan fingerprint density at radius 3 is 2.39 bits per heavy atom. The van der Waals surface area contributed by atoms with Gasteiger partial charge in [-0.2, -0.15) is 9.78 Å². The van der Waals surface area contributed by atoms with Gasteiger partial charge < -0.3 is 14.5 Å².